The monoisotopic (exact) mass is 291 g/mol. The van der Waals surface area contributed by atoms with Crippen molar-refractivity contribution < 1.29 is 9.53 Å². The molecule has 2 N–H and O–H groups in total. The summed E-state index contributed by atoms with van der Waals surface area (Å²) in [5.41, 5.74) is 11.6. The standard InChI is InChI=1S/C18H29NO2/c1-5-13-11-14(6-2)18(15(7-3)12-13)16(19)9-10-17(20)21-8-4/h11-12,16H,5-10,19H2,1-4H3. The molecule has 0 aliphatic heterocycles. The molecule has 1 aromatic carbocycles. The number of benzene rings is 1. The van der Waals surface area contributed by atoms with E-state index in [0.717, 1.165) is 19.3 Å². The van der Waals surface area contributed by atoms with Gasteiger partial charge in [0.15, 0.2) is 0 Å². The number of hydrogen-bond acceptors (Lipinski definition) is 3. The van der Waals surface area contributed by atoms with Crippen molar-refractivity contribution in [2.45, 2.75) is 65.8 Å². The van der Waals surface area contributed by atoms with E-state index in [1.807, 2.05) is 6.92 Å². The Hall–Kier alpha value is -1.35. The summed E-state index contributed by atoms with van der Waals surface area (Å²) in [6, 6.07) is 4.43. The lowest BCUT2D eigenvalue weighted by molar-refractivity contribution is -0.143. The first-order chi connectivity index (χ1) is 10.1. The molecule has 0 heterocycles. The molecule has 1 rings (SSSR count). The second-order valence-electron chi connectivity index (χ2n) is 5.34. The number of rotatable bonds is 8. The average molecular weight is 291 g/mol. The van der Waals surface area contributed by atoms with Crippen molar-refractivity contribution >= 4 is 5.97 Å². The second-order valence-corrected chi connectivity index (χ2v) is 5.34. The van der Waals surface area contributed by atoms with Gasteiger partial charge in [0.2, 0.25) is 0 Å². The van der Waals surface area contributed by atoms with Gasteiger partial charge in [0.25, 0.3) is 0 Å². The molecular weight excluding hydrogens is 262 g/mol. The summed E-state index contributed by atoms with van der Waals surface area (Å²) >= 11 is 0. The summed E-state index contributed by atoms with van der Waals surface area (Å²) in [7, 11) is 0. The SMILES string of the molecule is CCOC(=O)CCC(N)c1c(CC)cc(CC)cc1CC. The molecule has 1 aromatic rings. The van der Waals surface area contributed by atoms with E-state index in [1.165, 1.54) is 22.3 Å². The van der Waals surface area contributed by atoms with Gasteiger partial charge >= 0.3 is 5.97 Å². The van der Waals surface area contributed by atoms with Gasteiger partial charge in [-0.2, -0.15) is 0 Å². The van der Waals surface area contributed by atoms with Crippen molar-refractivity contribution in [1.29, 1.82) is 0 Å². The van der Waals surface area contributed by atoms with Crippen LogP contribution >= 0.6 is 0 Å². The van der Waals surface area contributed by atoms with Crippen LogP contribution in [0.4, 0.5) is 0 Å². The van der Waals surface area contributed by atoms with Gasteiger partial charge in [0.05, 0.1) is 6.61 Å². The smallest absolute Gasteiger partial charge is 0.305 e. The fourth-order valence-corrected chi connectivity index (χ4v) is 2.77. The molecule has 118 valence electrons. The van der Waals surface area contributed by atoms with Gasteiger partial charge in [0.1, 0.15) is 0 Å². The first-order valence-corrected chi connectivity index (χ1v) is 8.12. The van der Waals surface area contributed by atoms with Crippen LogP contribution in [0.3, 0.4) is 0 Å². The topological polar surface area (TPSA) is 52.3 Å². The van der Waals surface area contributed by atoms with Gasteiger partial charge in [-0.25, -0.2) is 0 Å². The first-order valence-electron chi connectivity index (χ1n) is 8.12. The maximum Gasteiger partial charge on any atom is 0.305 e. The van der Waals surface area contributed by atoms with Crippen molar-refractivity contribution in [3.05, 3.63) is 34.4 Å². The molecule has 0 spiro atoms. The molecule has 1 unspecified atom stereocenters. The molecule has 1 atom stereocenters. The maximum atomic E-state index is 11.5. The fraction of sp³-hybridized carbons (Fsp3) is 0.611. The zero-order chi connectivity index (χ0) is 15.8. The summed E-state index contributed by atoms with van der Waals surface area (Å²) in [6.45, 7) is 8.76. The molecule has 0 saturated heterocycles. The molecule has 0 fully saturated rings. The van der Waals surface area contributed by atoms with Gasteiger partial charge in [-0.1, -0.05) is 32.9 Å². The van der Waals surface area contributed by atoms with E-state index in [0.29, 0.717) is 19.4 Å². The average Bonchev–Trinajstić information content (AvgIpc) is 2.51. The van der Waals surface area contributed by atoms with Gasteiger partial charge in [-0.3, -0.25) is 4.79 Å². The van der Waals surface area contributed by atoms with Crippen LogP contribution in [0.2, 0.25) is 0 Å². The number of esters is 1. The van der Waals surface area contributed by atoms with Crippen LogP contribution in [0.25, 0.3) is 0 Å². The molecule has 0 amide bonds. The summed E-state index contributed by atoms with van der Waals surface area (Å²) in [5.74, 6) is -0.158. The third-order valence-corrected chi connectivity index (χ3v) is 3.92. The lowest BCUT2D eigenvalue weighted by Gasteiger charge is -2.21. The summed E-state index contributed by atoms with van der Waals surface area (Å²) in [6.07, 6.45) is 4.02. The lowest BCUT2D eigenvalue weighted by atomic mass is 9.88. The lowest BCUT2D eigenvalue weighted by Crippen LogP contribution is -2.17. The third kappa shape index (κ3) is 4.85. The van der Waals surface area contributed by atoms with Gasteiger partial charge in [0, 0.05) is 12.5 Å². The zero-order valence-corrected chi connectivity index (χ0v) is 13.9. The molecule has 0 radical (unpaired) electrons. The van der Waals surface area contributed by atoms with Gasteiger partial charge < -0.3 is 10.5 Å². The highest BCUT2D eigenvalue weighted by Gasteiger charge is 2.17. The van der Waals surface area contributed by atoms with Crippen LogP contribution in [0.5, 0.6) is 0 Å². The van der Waals surface area contributed by atoms with Crippen LogP contribution in [-0.4, -0.2) is 12.6 Å². The molecule has 3 heteroatoms. The molecule has 0 aliphatic rings. The summed E-state index contributed by atoms with van der Waals surface area (Å²) < 4.78 is 4.98. The fourth-order valence-electron chi connectivity index (χ4n) is 2.77. The van der Waals surface area contributed by atoms with Crippen LogP contribution in [0.15, 0.2) is 12.1 Å². The zero-order valence-electron chi connectivity index (χ0n) is 13.9. The molecule has 0 aliphatic carbocycles. The number of carbonyl (C=O) groups is 1. The van der Waals surface area contributed by atoms with Crippen molar-refractivity contribution in [2.24, 2.45) is 5.73 Å². The van der Waals surface area contributed by atoms with Crippen LogP contribution in [0.1, 0.15) is 68.8 Å². The Kier molecular flexibility index (Phi) is 7.44. The number of carbonyl (C=O) groups excluding carboxylic acids is 1. The first kappa shape index (κ1) is 17.7. The number of aryl methyl sites for hydroxylation is 3. The highest BCUT2D eigenvalue weighted by molar-refractivity contribution is 5.69. The van der Waals surface area contributed by atoms with Crippen LogP contribution in [-0.2, 0) is 28.8 Å². The molecule has 0 bridgehead atoms. The third-order valence-electron chi connectivity index (χ3n) is 3.92. The summed E-state index contributed by atoms with van der Waals surface area (Å²) in [5, 5.41) is 0. The van der Waals surface area contributed by atoms with Crippen LogP contribution in [0, 0.1) is 0 Å². The molecular formula is C18H29NO2. The Labute approximate surface area is 128 Å². The highest BCUT2D eigenvalue weighted by Crippen LogP contribution is 2.27. The van der Waals surface area contributed by atoms with Gasteiger partial charge in [-0.05, 0) is 54.9 Å². The largest absolute Gasteiger partial charge is 0.466 e. The summed E-state index contributed by atoms with van der Waals surface area (Å²) in [4.78, 5) is 11.5. The minimum atomic E-state index is -0.158. The molecule has 21 heavy (non-hydrogen) atoms. The molecule has 0 aromatic heterocycles. The quantitative estimate of drug-likeness (QED) is 0.743. The van der Waals surface area contributed by atoms with Crippen molar-refractivity contribution in [2.75, 3.05) is 6.61 Å². The molecule has 3 nitrogen and oxygen atoms in total. The van der Waals surface area contributed by atoms with Crippen LogP contribution < -0.4 is 5.73 Å². The second kappa shape index (κ2) is 8.83. The number of nitrogens with two attached hydrogens (primary N) is 1. The van der Waals surface area contributed by atoms with E-state index in [1.54, 1.807) is 0 Å². The minimum Gasteiger partial charge on any atom is -0.466 e. The normalized spacial score (nSPS) is 12.2. The van der Waals surface area contributed by atoms with E-state index < -0.39 is 0 Å². The Morgan fingerprint density at radius 3 is 2.10 bits per heavy atom. The van der Waals surface area contributed by atoms with E-state index in [9.17, 15) is 4.79 Å². The predicted octanol–water partition coefficient (Wildman–Crippen LogP) is 3.72. The predicted molar refractivity (Wildman–Crippen MR) is 87.4 cm³/mol. The number of hydrogen-bond donors (Lipinski definition) is 1. The Balaban J connectivity index is 2.96. The Morgan fingerprint density at radius 2 is 1.67 bits per heavy atom. The highest BCUT2D eigenvalue weighted by atomic mass is 16.5. The van der Waals surface area contributed by atoms with Crippen molar-refractivity contribution in [3.63, 3.8) is 0 Å². The van der Waals surface area contributed by atoms with E-state index in [-0.39, 0.29) is 12.0 Å². The van der Waals surface area contributed by atoms with Crippen molar-refractivity contribution in [1.82, 2.24) is 0 Å². The van der Waals surface area contributed by atoms with E-state index in [2.05, 4.69) is 32.9 Å². The Bertz CT molecular complexity index is 443. The minimum absolute atomic E-state index is 0.0924. The van der Waals surface area contributed by atoms with E-state index >= 15 is 0 Å². The maximum absolute atomic E-state index is 11.5. The Morgan fingerprint density at radius 1 is 1.10 bits per heavy atom. The van der Waals surface area contributed by atoms with Crippen molar-refractivity contribution in [3.8, 4) is 0 Å². The molecule has 0 saturated carbocycles. The van der Waals surface area contributed by atoms with Gasteiger partial charge in [-0.15, -0.1) is 0 Å². The van der Waals surface area contributed by atoms with E-state index in [4.69, 9.17) is 10.5 Å². The number of ether oxygens (including phenoxy) is 1.